The van der Waals surface area contributed by atoms with Gasteiger partial charge in [-0.15, -0.1) is 0 Å². The van der Waals surface area contributed by atoms with Crippen LogP contribution in [0.2, 0.25) is 0 Å². The molecule has 0 saturated carbocycles. The van der Waals surface area contributed by atoms with Crippen molar-refractivity contribution in [2.45, 2.75) is 6.92 Å². The number of imidazole rings is 1. The maximum Gasteiger partial charge on any atom is 0.220 e. The molecule has 0 unspecified atom stereocenters. The van der Waals surface area contributed by atoms with Gasteiger partial charge >= 0.3 is 0 Å². The molecule has 0 radical (unpaired) electrons. The van der Waals surface area contributed by atoms with Crippen LogP contribution in [-0.2, 0) is 0 Å². The Labute approximate surface area is 180 Å². The molecule has 6 nitrogen and oxygen atoms in total. The van der Waals surface area contributed by atoms with Crippen molar-refractivity contribution >= 4 is 5.65 Å². The highest BCUT2D eigenvalue weighted by Gasteiger charge is 2.13. The van der Waals surface area contributed by atoms with E-state index in [-0.39, 0.29) is 5.88 Å². The monoisotopic (exact) mass is 409 g/mol. The van der Waals surface area contributed by atoms with Crippen molar-refractivity contribution < 1.29 is 14.6 Å². The molecular weight excluding hydrogens is 390 g/mol. The second-order valence-electron chi connectivity index (χ2n) is 6.63. The Hall–Kier alpha value is -4.42. The normalized spacial score (nSPS) is 10.0. The zero-order chi connectivity index (χ0) is 21.8. The first-order chi connectivity index (χ1) is 15.1. The molecule has 152 valence electrons. The minimum absolute atomic E-state index is 0.0175. The van der Waals surface area contributed by atoms with E-state index >= 15 is 0 Å². The summed E-state index contributed by atoms with van der Waals surface area (Å²) in [5.74, 6) is 13.9. The lowest BCUT2D eigenvalue weighted by Gasteiger charge is -2.03. The van der Waals surface area contributed by atoms with E-state index in [1.165, 1.54) is 0 Å². The smallest absolute Gasteiger partial charge is 0.220 e. The maximum absolute atomic E-state index is 10.5. The van der Waals surface area contributed by atoms with Crippen molar-refractivity contribution in [3.05, 3.63) is 82.9 Å². The maximum atomic E-state index is 10.5. The first-order valence-corrected chi connectivity index (χ1v) is 9.48. The van der Waals surface area contributed by atoms with Gasteiger partial charge in [0.1, 0.15) is 28.6 Å². The number of ether oxygens (including phenoxy) is 2. The van der Waals surface area contributed by atoms with Crippen LogP contribution in [-0.4, -0.2) is 33.7 Å². The fourth-order valence-corrected chi connectivity index (χ4v) is 2.96. The summed E-state index contributed by atoms with van der Waals surface area (Å²) in [5, 5.41) is 10.5. The Kier molecular flexibility index (Phi) is 5.47. The highest BCUT2D eigenvalue weighted by molar-refractivity contribution is 5.56. The lowest BCUT2D eigenvalue weighted by Crippen LogP contribution is -2.00. The summed E-state index contributed by atoms with van der Waals surface area (Å²) >= 11 is 0. The Morgan fingerprint density at radius 1 is 0.806 bits per heavy atom. The van der Waals surface area contributed by atoms with Crippen molar-refractivity contribution in [2.24, 2.45) is 0 Å². The Morgan fingerprint density at radius 2 is 1.35 bits per heavy atom. The van der Waals surface area contributed by atoms with E-state index in [4.69, 9.17) is 9.47 Å². The molecule has 0 aliphatic heterocycles. The van der Waals surface area contributed by atoms with Gasteiger partial charge in [-0.25, -0.2) is 9.97 Å². The van der Waals surface area contributed by atoms with Crippen LogP contribution in [0.15, 0.2) is 54.7 Å². The lowest BCUT2D eigenvalue weighted by atomic mass is 10.2. The number of rotatable bonds is 2. The third-order valence-corrected chi connectivity index (χ3v) is 4.63. The summed E-state index contributed by atoms with van der Waals surface area (Å²) in [6, 6.07) is 14.8. The van der Waals surface area contributed by atoms with Gasteiger partial charge in [-0.1, -0.05) is 11.8 Å². The van der Waals surface area contributed by atoms with Gasteiger partial charge in [-0.2, -0.15) is 0 Å². The fourth-order valence-electron chi connectivity index (χ4n) is 2.96. The highest BCUT2D eigenvalue weighted by atomic mass is 16.5. The lowest BCUT2D eigenvalue weighted by molar-refractivity contribution is 0.414. The van der Waals surface area contributed by atoms with E-state index in [9.17, 15) is 5.11 Å². The summed E-state index contributed by atoms with van der Waals surface area (Å²) in [5.41, 5.74) is 3.51. The predicted molar refractivity (Wildman–Crippen MR) is 117 cm³/mol. The van der Waals surface area contributed by atoms with Crippen LogP contribution in [0.5, 0.6) is 17.4 Å². The number of hydrogen-bond acceptors (Lipinski definition) is 5. The number of aromatic hydroxyl groups is 1. The van der Waals surface area contributed by atoms with E-state index in [0.717, 1.165) is 22.6 Å². The molecule has 1 N–H and O–H groups in total. The molecule has 2 aromatic carbocycles. The first-order valence-electron chi connectivity index (χ1n) is 9.48. The van der Waals surface area contributed by atoms with Crippen LogP contribution in [0.25, 0.3) is 5.65 Å². The summed E-state index contributed by atoms with van der Waals surface area (Å²) in [7, 11) is 3.23. The number of hydrogen-bond donors (Lipinski definition) is 1. The van der Waals surface area contributed by atoms with E-state index < -0.39 is 0 Å². The minimum atomic E-state index is 0.0175. The SMILES string of the molecule is COc1ccc(C#Cc2ncc3nc(C)c(O)n3c2C#Cc2ccc(OC)cc2)cc1. The molecule has 0 atom stereocenters. The van der Waals surface area contributed by atoms with Gasteiger partial charge < -0.3 is 14.6 Å². The first kappa shape index (κ1) is 19.9. The quantitative estimate of drug-likeness (QED) is 0.513. The number of aryl methyl sites for hydroxylation is 1. The van der Waals surface area contributed by atoms with Crippen LogP contribution in [0.1, 0.15) is 28.2 Å². The van der Waals surface area contributed by atoms with Crippen LogP contribution >= 0.6 is 0 Å². The summed E-state index contributed by atoms with van der Waals surface area (Å²) in [6.45, 7) is 1.73. The predicted octanol–water partition coefficient (Wildman–Crippen LogP) is 3.56. The molecular formula is C25H19N3O3. The van der Waals surface area contributed by atoms with Crippen LogP contribution in [0.4, 0.5) is 0 Å². The molecule has 0 aliphatic rings. The van der Waals surface area contributed by atoms with Gasteiger partial charge in [0.15, 0.2) is 5.65 Å². The summed E-state index contributed by atoms with van der Waals surface area (Å²) < 4.78 is 11.9. The van der Waals surface area contributed by atoms with Crippen molar-refractivity contribution in [2.75, 3.05) is 14.2 Å². The van der Waals surface area contributed by atoms with Gasteiger partial charge in [-0.05, 0) is 67.3 Å². The highest BCUT2D eigenvalue weighted by Crippen LogP contribution is 2.21. The van der Waals surface area contributed by atoms with Crippen LogP contribution < -0.4 is 9.47 Å². The standard InChI is InChI=1S/C25H19N3O3/c1-17-25(29)28-23(15-9-19-6-12-21(31-3)13-7-19)22(26-16-24(28)27-17)14-8-18-4-10-20(30-2)11-5-18/h4-7,10-13,16,29H,1-3H3. The Morgan fingerprint density at radius 3 is 1.90 bits per heavy atom. The van der Waals surface area contributed by atoms with E-state index in [1.807, 2.05) is 48.5 Å². The number of benzene rings is 2. The van der Waals surface area contributed by atoms with E-state index in [1.54, 1.807) is 31.7 Å². The van der Waals surface area contributed by atoms with Gasteiger partial charge in [0.2, 0.25) is 5.88 Å². The second-order valence-corrected chi connectivity index (χ2v) is 6.63. The number of methoxy groups -OCH3 is 2. The van der Waals surface area contributed by atoms with Crippen molar-refractivity contribution in [3.63, 3.8) is 0 Å². The third kappa shape index (κ3) is 4.14. The average molecular weight is 409 g/mol. The molecule has 0 spiro atoms. The second kappa shape index (κ2) is 8.52. The van der Waals surface area contributed by atoms with Gasteiger partial charge in [-0.3, -0.25) is 4.40 Å². The Bertz CT molecular complexity index is 1360. The molecule has 0 saturated heterocycles. The van der Waals surface area contributed by atoms with Crippen molar-refractivity contribution in [1.82, 2.24) is 14.4 Å². The molecule has 0 fully saturated rings. The van der Waals surface area contributed by atoms with Crippen molar-refractivity contribution in [1.29, 1.82) is 0 Å². The fraction of sp³-hybridized carbons (Fsp3) is 0.120. The molecule has 4 aromatic rings. The number of fused-ring (bicyclic) bond motifs is 1. The van der Waals surface area contributed by atoms with Gasteiger partial charge in [0.25, 0.3) is 0 Å². The number of nitrogens with zero attached hydrogens (tertiary/aromatic N) is 3. The van der Waals surface area contributed by atoms with Crippen LogP contribution in [0, 0.1) is 30.6 Å². The molecule has 2 aromatic heterocycles. The minimum Gasteiger partial charge on any atom is -0.497 e. The number of aromatic nitrogens is 3. The van der Waals surface area contributed by atoms with Gasteiger partial charge in [0.05, 0.1) is 20.4 Å². The zero-order valence-corrected chi connectivity index (χ0v) is 17.3. The molecule has 31 heavy (non-hydrogen) atoms. The molecule has 0 aliphatic carbocycles. The van der Waals surface area contributed by atoms with E-state index in [2.05, 4.69) is 33.6 Å². The largest absolute Gasteiger partial charge is 0.497 e. The zero-order valence-electron chi connectivity index (χ0n) is 17.3. The molecule has 4 rings (SSSR count). The molecule has 0 bridgehead atoms. The van der Waals surface area contributed by atoms with Crippen molar-refractivity contribution in [3.8, 4) is 41.1 Å². The van der Waals surface area contributed by atoms with Gasteiger partial charge in [0, 0.05) is 11.1 Å². The Balaban J connectivity index is 1.81. The molecule has 6 heteroatoms. The molecule has 0 amide bonds. The van der Waals surface area contributed by atoms with Crippen LogP contribution in [0.3, 0.4) is 0 Å². The summed E-state index contributed by atoms with van der Waals surface area (Å²) in [4.78, 5) is 8.77. The molecule has 2 heterocycles. The average Bonchev–Trinajstić information content (AvgIpc) is 3.10. The third-order valence-electron chi connectivity index (χ3n) is 4.63. The van der Waals surface area contributed by atoms with E-state index in [0.29, 0.717) is 22.7 Å². The summed E-state index contributed by atoms with van der Waals surface area (Å²) in [6.07, 6.45) is 1.57. The topological polar surface area (TPSA) is 68.9 Å².